The third kappa shape index (κ3) is 3.64. The van der Waals surface area contributed by atoms with Crippen molar-refractivity contribution in [1.29, 1.82) is 0 Å². The van der Waals surface area contributed by atoms with Crippen LogP contribution in [0.5, 0.6) is 5.75 Å². The number of hydrogen-bond acceptors (Lipinski definition) is 2. The first-order chi connectivity index (χ1) is 8.61. The third-order valence-electron chi connectivity index (χ3n) is 3.38. The van der Waals surface area contributed by atoms with Crippen molar-refractivity contribution in [1.82, 2.24) is 4.98 Å². The van der Waals surface area contributed by atoms with Gasteiger partial charge in [-0.2, -0.15) is 0 Å². The minimum absolute atomic E-state index is 0. The van der Waals surface area contributed by atoms with Gasteiger partial charge in [-0.15, -0.1) is 12.4 Å². The van der Waals surface area contributed by atoms with Crippen LogP contribution in [0.1, 0.15) is 38.3 Å². The number of H-pyrrole nitrogens is 1. The van der Waals surface area contributed by atoms with E-state index in [2.05, 4.69) is 24.9 Å². The van der Waals surface area contributed by atoms with Crippen LogP contribution >= 0.6 is 12.4 Å². The van der Waals surface area contributed by atoms with Crippen LogP contribution in [0.15, 0.2) is 24.4 Å². The topological polar surface area (TPSA) is 51.0 Å². The molecule has 0 saturated carbocycles. The number of rotatable bonds is 5. The molecule has 1 aromatic heterocycles. The van der Waals surface area contributed by atoms with E-state index in [9.17, 15) is 0 Å². The molecule has 19 heavy (non-hydrogen) atoms. The second-order valence-electron chi connectivity index (χ2n) is 5.23. The van der Waals surface area contributed by atoms with Crippen LogP contribution in [0.25, 0.3) is 10.9 Å². The van der Waals surface area contributed by atoms with Crippen LogP contribution in [0.2, 0.25) is 0 Å². The number of ether oxygens (including phenoxy) is 1. The molecule has 0 spiro atoms. The zero-order valence-electron chi connectivity index (χ0n) is 11.8. The second-order valence-corrected chi connectivity index (χ2v) is 5.23. The van der Waals surface area contributed by atoms with Crippen molar-refractivity contribution >= 4 is 23.3 Å². The number of fused-ring (bicyclic) bond motifs is 1. The molecule has 0 fully saturated rings. The Kier molecular flexibility index (Phi) is 5.70. The molecule has 0 aliphatic heterocycles. The highest BCUT2D eigenvalue weighted by Gasteiger charge is 2.12. The summed E-state index contributed by atoms with van der Waals surface area (Å²) in [5.41, 5.74) is 8.59. The maximum absolute atomic E-state index is 6.28. The summed E-state index contributed by atoms with van der Waals surface area (Å²) in [6.07, 6.45) is 4.19. The molecule has 0 aliphatic carbocycles. The summed E-state index contributed by atoms with van der Waals surface area (Å²) < 4.78 is 5.27. The maximum Gasteiger partial charge on any atom is 0.119 e. The van der Waals surface area contributed by atoms with Gasteiger partial charge in [0.25, 0.3) is 0 Å². The van der Waals surface area contributed by atoms with E-state index in [4.69, 9.17) is 10.5 Å². The van der Waals surface area contributed by atoms with Crippen LogP contribution < -0.4 is 10.5 Å². The Morgan fingerprint density at radius 2 is 2.00 bits per heavy atom. The van der Waals surface area contributed by atoms with Crippen molar-refractivity contribution in [2.24, 2.45) is 11.7 Å². The van der Waals surface area contributed by atoms with Crippen molar-refractivity contribution < 1.29 is 4.74 Å². The van der Waals surface area contributed by atoms with Crippen molar-refractivity contribution in [3.63, 3.8) is 0 Å². The van der Waals surface area contributed by atoms with E-state index in [1.807, 2.05) is 18.3 Å². The SMILES string of the molecule is COc1ccc2[nH]cc([C@H](N)CCC(C)C)c2c1.Cl. The van der Waals surface area contributed by atoms with Crippen LogP contribution in [-0.4, -0.2) is 12.1 Å². The van der Waals surface area contributed by atoms with Crippen molar-refractivity contribution in [3.05, 3.63) is 30.0 Å². The summed E-state index contributed by atoms with van der Waals surface area (Å²) in [7, 11) is 1.69. The van der Waals surface area contributed by atoms with E-state index >= 15 is 0 Å². The van der Waals surface area contributed by atoms with Gasteiger partial charge in [0.2, 0.25) is 0 Å². The third-order valence-corrected chi connectivity index (χ3v) is 3.38. The Bertz CT molecular complexity index is 522. The monoisotopic (exact) mass is 282 g/mol. The highest BCUT2D eigenvalue weighted by molar-refractivity contribution is 5.85. The standard InChI is InChI=1S/C15H22N2O.ClH/c1-10(2)4-6-14(16)13-9-17-15-7-5-11(18-3)8-12(13)15;/h5,7-10,14,17H,4,6,16H2,1-3H3;1H/t14-;/m1./s1. The van der Waals surface area contributed by atoms with E-state index in [0.717, 1.165) is 24.1 Å². The summed E-state index contributed by atoms with van der Waals surface area (Å²) in [5.74, 6) is 1.57. The van der Waals surface area contributed by atoms with Gasteiger partial charge in [0, 0.05) is 23.1 Å². The lowest BCUT2D eigenvalue weighted by molar-refractivity contribution is 0.415. The van der Waals surface area contributed by atoms with Gasteiger partial charge in [-0.05, 0) is 42.5 Å². The number of benzene rings is 1. The maximum atomic E-state index is 6.28. The van der Waals surface area contributed by atoms with Gasteiger partial charge in [-0.3, -0.25) is 0 Å². The van der Waals surface area contributed by atoms with E-state index in [-0.39, 0.29) is 18.4 Å². The first kappa shape index (κ1) is 15.9. The van der Waals surface area contributed by atoms with Crippen molar-refractivity contribution in [3.8, 4) is 5.75 Å². The van der Waals surface area contributed by atoms with Crippen LogP contribution in [0, 0.1) is 5.92 Å². The quantitative estimate of drug-likeness (QED) is 0.870. The molecule has 2 rings (SSSR count). The van der Waals surface area contributed by atoms with E-state index in [1.54, 1.807) is 7.11 Å². The Morgan fingerprint density at radius 3 is 2.63 bits per heavy atom. The molecule has 0 unspecified atom stereocenters. The summed E-state index contributed by atoms with van der Waals surface area (Å²) in [6, 6.07) is 6.14. The van der Waals surface area contributed by atoms with Gasteiger partial charge in [0.15, 0.2) is 0 Å². The summed E-state index contributed by atoms with van der Waals surface area (Å²) >= 11 is 0. The van der Waals surface area contributed by atoms with Crippen molar-refractivity contribution in [2.75, 3.05) is 7.11 Å². The molecule has 1 atom stereocenters. The Balaban J connectivity index is 0.00000180. The highest BCUT2D eigenvalue weighted by Crippen LogP contribution is 2.29. The molecule has 1 aromatic carbocycles. The fraction of sp³-hybridized carbons (Fsp3) is 0.467. The minimum atomic E-state index is 0. The number of aromatic amines is 1. The first-order valence-electron chi connectivity index (χ1n) is 6.52. The molecule has 0 bridgehead atoms. The average molecular weight is 283 g/mol. The predicted molar refractivity (Wildman–Crippen MR) is 83.1 cm³/mol. The lowest BCUT2D eigenvalue weighted by atomic mass is 9.98. The van der Waals surface area contributed by atoms with Gasteiger partial charge < -0.3 is 15.5 Å². The molecule has 1 heterocycles. The molecule has 0 radical (unpaired) electrons. The van der Waals surface area contributed by atoms with Gasteiger partial charge in [0.05, 0.1) is 7.11 Å². The Morgan fingerprint density at radius 1 is 1.26 bits per heavy atom. The summed E-state index contributed by atoms with van der Waals surface area (Å²) in [6.45, 7) is 4.45. The zero-order valence-corrected chi connectivity index (χ0v) is 12.6. The number of nitrogens with one attached hydrogen (secondary N) is 1. The molecule has 0 saturated heterocycles. The number of hydrogen-bond donors (Lipinski definition) is 2. The van der Waals surface area contributed by atoms with Gasteiger partial charge >= 0.3 is 0 Å². The average Bonchev–Trinajstić information content (AvgIpc) is 2.78. The summed E-state index contributed by atoms with van der Waals surface area (Å²) in [5, 5.41) is 1.17. The lowest BCUT2D eigenvalue weighted by Crippen LogP contribution is -2.10. The van der Waals surface area contributed by atoms with E-state index in [0.29, 0.717) is 5.92 Å². The molecule has 4 heteroatoms. The smallest absolute Gasteiger partial charge is 0.119 e. The van der Waals surface area contributed by atoms with Crippen LogP contribution in [0.4, 0.5) is 0 Å². The molecule has 3 nitrogen and oxygen atoms in total. The minimum Gasteiger partial charge on any atom is -0.497 e. The summed E-state index contributed by atoms with van der Waals surface area (Å²) in [4.78, 5) is 3.27. The number of halogens is 1. The first-order valence-corrected chi connectivity index (χ1v) is 6.52. The fourth-order valence-electron chi connectivity index (χ4n) is 2.22. The zero-order chi connectivity index (χ0) is 13.1. The molecule has 106 valence electrons. The normalized spacial score (nSPS) is 12.5. The largest absolute Gasteiger partial charge is 0.497 e. The molecule has 0 amide bonds. The van der Waals surface area contributed by atoms with Crippen LogP contribution in [0.3, 0.4) is 0 Å². The molecule has 3 N–H and O–H groups in total. The lowest BCUT2D eigenvalue weighted by Gasteiger charge is -2.12. The van der Waals surface area contributed by atoms with E-state index in [1.165, 1.54) is 10.9 Å². The van der Waals surface area contributed by atoms with Crippen molar-refractivity contribution in [2.45, 2.75) is 32.7 Å². The van der Waals surface area contributed by atoms with E-state index < -0.39 is 0 Å². The van der Waals surface area contributed by atoms with Gasteiger partial charge in [0.1, 0.15) is 5.75 Å². The fourth-order valence-corrected chi connectivity index (χ4v) is 2.22. The highest BCUT2D eigenvalue weighted by atomic mass is 35.5. The Labute approximate surface area is 120 Å². The molecular formula is C15H23ClN2O. The number of aromatic nitrogens is 1. The van der Waals surface area contributed by atoms with Crippen LogP contribution in [-0.2, 0) is 0 Å². The number of nitrogens with two attached hydrogens (primary N) is 1. The Hall–Kier alpha value is -1.19. The molecule has 2 aromatic rings. The van der Waals surface area contributed by atoms with Gasteiger partial charge in [-0.1, -0.05) is 13.8 Å². The van der Waals surface area contributed by atoms with Gasteiger partial charge in [-0.25, -0.2) is 0 Å². The number of methoxy groups -OCH3 is 1. The molecular weight excluding hydrogens is 260 g/mol. The molecule has 0 aliphatic rings. The predicted octanol–water partition coefficient (Wildman–Crippen LogP) is 4.03. The second kappa shape index (κ2) is 6.83.